The van der Waals surface area contributed by atoms with E-state index in [1.54, 1.807) is 32.4 Å². The summed E-state index contributed by atoms with van der Waals surface area (Å²) in [5.41, 5.74) is 8.04. The minimum absolute atomic E-state index is 0.0103. The Morgan fingerprint density at radius 2 is 1.89 bits per heavy atom. The van der Waals surface area contributed by atoms with Gasteiger partial charge in [-0.2, -0.15) is 0 Å². The van der Waals surface area contributed by atoms with E-state index in [1.807, 2.05) is 47.9 Å². The molecule has 2 aromatic carbocycles. The van der Waals surface area contributed by atoms with Gasteiger partial charge in [0.25, 0.3) is 5.91 Å². The van der Waals surface area contributed by atoms with Crippen molar-refractivity contribution in [1.82, 2.24) is 25.0 Å². The zero-order valence-corrected chi connectivity index (χ0v) is 20.4. The van der Waals surface area contributed by atoms with Crippen LogP contribution in [0.2, 0.25) is 0 Å². The van der Waals surface area contributed by atoms with Crippen LogP contribution in [0.5, 0.6) is 0 Å². The topological polar surface area (TPSA) is 102 Å². The summed E-state index contributed by atoms with van der Waals surface area (Å²) in [7, 11) is 0. The molecule has 1 amide bonds. The molecule has 0 fully saturated rings. The van der Waals surface area contributed by atoms with Gasteiger partial charge in [0.1, 0.15) is 12.1 Å². The number of hydrogen-bond donors (Lipinski definition) is 2. The summed E-state index contributed by atoms with van der Waals surface area (Å²) < 4.78 is 2.03. The second-order valence-corrected chi connectivity index (χ2v) is 9.50. The van der Waals surface area contributed by atoms with Crippen molar-refractivity contribution in [2.45, 2.75) is 32.9 Å². The lowest BCUT2D eigenvalue weighted by Gasteiger charge is -2.17. The molecule has 0 saturated heterocycles. The highest BCUT2D eigenvalue weighted by molar-refractivity contribution is 5.95. The van der Waals surface area contributed by atoms with Gasteiger partial charge in [0.2, 0.25) is 0 Å². The molecule has 0 radical (unpaired) electrons. The Kier molecular flexibility index (Phi) is 6.22. The van der Waals surface area contributed by atoms with Crippen molar-refractivity contribution in [1.29, 1.82) is 0 Å². The maximum Gasteiger partial charge on any atom is 0.275 e. The number of rotatable bonds is 7. The number of hydrogen-bond acceptors (Lipinski definition) is 6. The van der Waals surface area contributed by atoms with E-state index in [0.29, 0.717) is 12.1 Å². The molecule has 0 bridgehead atoms. The lowest BCUT2D eigenvalue weighted by atomic mass is 10.0. The van der Waals surface area contributed by atoms with Crippen molar-refractivity contribution in [3.63, 3.8) is 0 Å². The Bertz CT molecular complexity index is 1570. The summed E-state index contributed by atoms with van der Waals surface area (Å²) in [6, 6.07) is 19.7. The second-order valence-electron chi connectivity index (χ2n) is 9.50. The van der Waals surface area contributed by atoms with Crippen molar-refractivity contribution >= 4 is 28.0 Å². The van der Waals surface area contributed by atoms with Crippen molar-refractivity contribution in [3.8, 4) is 11.3 Å². The smallest absolute Gasteiger partial charge is 0.275 e. The van der Waals surface area contributed by atoms with Crippen LogP contribution in [0.15, 0.2) is 73.2 Å². The molecule has 0 aliphatic heterocycles. The maximum absolute atomic E-state index is 12.5. The van der Waals surface area contributed by atoms with E-state index < -0.39 is 5.60 Å². The number of benzene rings is 2. The molecule has 3 aromatic heterocycles. The molecule has 5 rings (SSSR count). The van der Waals surface area contributed by atoms with Gasteiger partial charge in [-0.05, 0) is 74.4 Å². The third-order valence-electron chi connectivity index (χ3n) is 5.84. The molecule has 8 heteroatoms. The van der Waals surface area contributed by atoms with E-state index in [1.165, 1.54) is 0 Å². The van der Waals surface area contributed by atoms with Crippen molar-refractivity contribution in [2.75, 3.05) is 6.61 Å². The standard InChI is InChI=1S/C28H27N5O3/c1-18-13-21(7-8-22(18)27(34)32-36-16-28(2,3)35)24-10-11-25-26(31-24)33(17-30-25)15-19-6-9-23-20(14-19)5-4-12-29-23/h4-14,17,35H,15-16H2,1-3H3,(H,32,34). The number of aromatic nitrogens is 4. The first-order chi connectivity index (χ1) is 17.3. The number of nitrogens with zero attached hydrogens (tertiary/aromatic N) is 4. The fourth-order valence-electron chi connectivity index (χ4n) is 4.05. The molecule has 36 heavy (non-hydrogen) atoms. The lowest BCUT2D eigenvalue weighted by molar-refractivity contribution is -0.0522. The number of pyridine rings is 2. The molecule has 0 aliphatic rings. The Morgan fingerprint density at radius 3 is 2.69 bits per heavy atom. The number of fused-ring (bicyclic) bond motifs is 2. The zero-order valence-electron chi connectivity index (χ0n) is 20.4. The maximum atomic E-state index is 12.5. The van der Waals surface area contributed by atoms with Crippen LogP contribution in [0, 0.1) is 6.92 Å². The number of imidazole rings is 1. The van der Waals surface area contributed by atoms with E-state index in [9.17, 15) is 9.90 Å². The summed E-state index contributed by atoms with van der Waals surface area (Å²) in [4.78, 5) is 31.4. The fourth-order valence-corrected chi connectivity index (χ4v) is 4.05. The van der Waals surface area contributed by atoms with Crippen molar-refractivity contribution < 1.29 is 14.7 Å². The van der Waals surface area contributed by atoms with Crippen LogP contribution < -0.4 is 5.48 Å². The van der Waals surface area contributed by atoms with Crippen LogP contribution >= 0.6 is 0 Å². The van der Waals surface area contributed by atoms with E-state index in [4.69, 9.17) is 9.82 Å². The van der Waals surface area contributed by atoms with E-state index in [0.717, 1.165) is 44.5 Å². The Balaban J connectivity index is 1.38. The molecule has 182 valence electrons. The molecule has 2 N–H and O–H groups in total. The van der Waals surface area contributed by atoms with Gasteiger partial charge in [-0.25, -0.2) is 15.4 Å². The predicted octanol–water partition coefficient (Wildman–Crippen LogP) is 4.44. The Morgan fingerprint density at radius 1 is 1.06 bits per heavy atom. The summed E-state index contributed by atoms with van der Waals surface area (Å²) >= 11 is 0. The molecule has 0 saturated carbocycles. The first-order valence-electron chi connectivity index (χ1n) is 11.7. The van der Waals surface area contributed by atoms with E-state index in [2.05, 4.69) is 33.6 Å². The van der Waals surface area contributed by atoms with E-state index in [-0.39, 0.29) is 12.5 Å². The molecule has 0 spiro atoms. The third kappa shape index (κ3) is 5.10. The predicted molar refractivity (Wildman–Crippen MR) is 138 cm³/mol. The van der Waals surface area contributed by atoms with Gasteiger partial charge in [-0.15, -0.1) is 0 Å². The number of aryl methyl sites for hydroxylation is 1. The van der Waals surface area contributed by atoms with Crippen LogP contribution in [-0.4, -0.2) is 42.7 Å². The number of aliphatic hydroxyl groups is 1. The van der Waals surface area contributed by atoms with Crippen LogP contribution in [0.4, 0.5) is 0 Å². The van der Waals surface area contributed by atoms with Gasteiger partial charge in [-0.1, -0.05) is 18.2 Å². The van der Waals surface area contributed by atoms with Gasteiger partial charge >= 0.3 is 0 Å². The highest BCUT2D eigenvalue weighted by atomic mass is 16.7. The number of amides is 1. The number of carbonyl (C=O) groups excluding carboxylic acids is 1. The number of hydroxylamine groups is 1. The normalized spacial score (nSPS) is 11.8. The Labute approximate surface area is 208 Å². The third-order valence-corrected chi connectivity index (χ3v) is 5.84. The highest BCUT2D eigenvalue weighted by Crippen LogP contribution is 2.24. The summed E-state index contributed by atoms with van der Waals surface area (Å²) in [5.74, 6) is -0.365. The van der Waals surface area contributed by atoms with E-state index >= 15 is 0 Å². The molecule has 8 nitrogen and oxygen atoms in total. The van der Waals surface area contributed by atoms with Gasteiger partial charge in [0.05, 0.1) is 29.7 Å². The molecule has 0 unspecified atom stereocenters. The fraction of sp³-hybridized carbons (Fsp3) is 0.214. The van der Waals surface area contributed by atoms with Crippen LogP contribution in [0.25, 0.3) is 33.3 Å². The minimum atomic E-state index is -1.03. The number of nitrogens with one attached hydrogen (secondary N) is 1. The second kappa shape index (κ2) is 9.49. The highest BCUT2D eigenvalue weighted by Gasteiger charge is 2.16. The zero-order chi connectivity index (χ0) is 25.3. The van der Waals surface area contributed by atoms with Crippen molar-refractivity contribution in [3.05, 3.63) is 89.9 Å². The SMILES string of the molecule is Cc1cc(-c2ccc3ncn(Cc4ccc5ncccc5c4)c3n2)ccc1C(=O)NOCC(C)(C)O. The van der Waals surface area contributed by atoms with Crippen LogP contribution in [-0.2, 0) is 11.4 Å². The largest absolute Gasteiger partial charge is 0.388 e. The van der Waals surface area contributed by atoms with Crippen LogP contribution in [0.1, 0.15) is 35.3 Å². The van der Waals surface area contributed by atoms with Gasteiger partial charge in [-0.3, -0.25) is 14.6 Å². The molecule has 5 aromatic rings. The monoisotopic (exact) mass is 481 g/mol. The minimum Gasteiger partial charge on any atom is -0.388 e. The molecular weight excluding hydrogens is 454 g/mol. The Hall–Kier alpha value is -4.14. The molecule has 0 aliphatic carbocycles. The quantitative estimate of drug-likeness (QED) is 0.333. The van der Waals surface area contributed by atoms with Gasteiger partial charge < -0.3 is 9.67 Å². The molecule has 0 atom stereocenters. The van der Waals surface area contributed by atoms with Crippen molar-refractivity contribution in [2.24, 2.45) is 0 Å². The molecule has 3 heterocycles. The average Bonchev–Trinajstić information content (AvgIpc) is 3.25. The number of carbonyl (C=O) groups is 1. The average molecular weight is 482 g/mol. The summed E-state index contributed by atoms with van der Waals surface area (Å²) in [5, 5.41) is 10.8. The molecular formula is C28H27N5O3. The summed E-state index contributed by atoms with van der Waals surface area (Å²) in [6.45, 7) is 5.71. The van der Waals surface area contributed by atoms with Gasteiger partial charge in [0, 0.05) is 22.7 Å². The first kappa shape index (κ1) is 23.6. The van der Waals surface area contributed by atoms with Crippen LogP contribution in [0.3, 0.4) is 0 Å². The lowest BCUT2D eigenvalue weighted by Crippen LogP contribution is -2.33. The first-order valence-corrected chi connectivity index (χ1v) is 11.7. The summed E-state index contributed by atoms with van der Waals surface area (Å²) in [6.07, 6.45) is 3.60. The van der Waals surface area contributed by atoms with Gasteiger partial charge in [0.15, 0.2) is 5.65 Å².